The van der Waals surface area contributed by atoms with E-state index in [1.54, 1.807) is 11.1 Å². The van der Waals surface area contributed by atoms with Gasteiger partial charge < -0.3 is 19.9 Å². The van der Waals surface area contributed by atoms with Crippen LogP contribution in [-0.2, 0) is 11.3 Å². The molecule has 1 aromatic carbocycles. The van der Waals surface area contributed by atoms with Crippen LogP contribution >= 0.6 is 11.3 Å². The summed E-state index contributed by atoms with van der Waals surface area (Å²) in [6.07, 6.45) is 1.75. The van der Waals surface area contributed by atoms with Gasteiger partial charge in [0, 0.05) is 69.1 Å². The highest BCUT2D eigenvalue weighted by atomic mass is 32.1. The molecule has 0 saturated carbocycles. The lowest BCUT2D eigenvalue weighted by Crippen LogP contribution is -2.48. The van der Waals surface area contributed by atoms with Crippen LogP contribution in [0.2, 0.25) is 0 Å². The second-order valence-corrected chi connectivity index (χ2v) is 9.33. The zero-order valence-electron chi connectivity index (χ0n) is 19.1. The van der Waals surface area contributed by atoms with E-state index in [1.165, 1.54) is 23.5 Å². The molecule has 0 bridgehead atoms. The van der Waals surface area contributed by atoms with Crippen LogP contribution < -0.4 is 10.2 Å². The number of hydrogen-bond donors (Lipinski definition) is 1. The number of carbonyl (C=O) groups is 1. The fourth-order valence-electron chi connectivity index (χ4n) is 4.29. The molecule has 8 nitrogen and oxygen atoms in total. The van der Waals surface area contributed by atoms with E-state index in [-0.39, 0.29) is 5.56 Å². The summed E-state index contributed by atoms with van der Waals surface area (Å²) in [5.41, 5.74) is 1.76. The van der Waals surface area contributed by atoms with E-state index >= 15 is 0 Å². The van der Waals surface area contributed by atoms with E-state index in [9.17, 15) is 13.6 Å². The first-order valence-electron chi connectivity index (χ1n) is 11.5. The zero-order chi connectivity index (χ0) is 24.2. The average molecular weight is 501 g/mol. The Labute approximate surface area is 206 Å². The van der Waals surface area contributed by atoms with E-state index in [0.29, 0.717) is 45.9 Å². The lowest BCUT2D eigenvalue weighted by molar-refractivity contribution is 0.0621. The van der Waals surface area contributed by atoms with Crippen molar-refractivity contribution in [3.8, 4) is 0 Å². The van der Waals surface area contributed by atoms with Crippen LogP contribution in [0.4, 0.5) is 25.4 Å². The van der Waals surface area contributed by atoms with Crippen molar-refractivity contribution < 1.29 is 18.3 Å². The SMILES string of the molecule is O=C(c1cccc(F)c1F)N1CCN(Cc2cc(N3CCOCC3)cc(Nc3nccs3)n2)CC1. The molecule has 1 N–H and O–H groups in total. The van der Waals surface area contributed by atoms with E-state index < -0.39 is 17.5 Å². The number of aromatic nitrogens is 2. The minimum absolute atomic E-state index is 0.226. The fourth-order valence-corrected chi connectivity index (χ4v) is 4.83. The maximum Gasteiger partial charge on any atom is 0.257 e. The molecule has 11 heteroatoms. The average Bonchev–Trinajstić information content (AvgIpc) is 3.39. The highest BCUT2D eigenvalue weighted by Crippen LogP contribution is 2.25. The number of pyridine rings is 1. The van der Waals surface area contributed by atoms with Crippen LogP contribution in [-0.4, -0.2) is 78.2 Å². The number of halogens is 2. The third-order valence-electron chi connectivity index (χ3n) is 6.13. The number of amides is 1. The number of piperazine rings is 1. The molecule has 0 unspecified atom stereocenters. The molecule has 35 heavy (non-hydrogen) atoms. The number of hydrogen-bond acceptors (Lipinski definition) is 8. The molecule has 2 aromatic heterocycles. The van der Waals surface area contributed by atoms with Crippen molar-refractivity contribution in [2.75, 3.05) is 62.7 Å². The molecular weight excluding hydrogens is 474 g/mol. The number of rotatable bonds is 6. The second kappa shape index (κ2) is 10.6. The third-order valence-corrected chi connectivity index (χ3v) is 6.82. The summed E-state index contributed by atoms with van der Waals surface area (Å²) in [5, 5.41) is 5.98. The maximum absolute atomic E-state index is 14.1. The van der Waals surface area contributed by atoms with Gasteiger partial charge in [0.15, 0.2) is 16.8 Å². The van der Waals surface area contributed by atoms with Crippen molar-refractivity contribution >= 4 is 33.9 Å². The number of benzene rings is 1. The Morgan fingerprint density at radius 1 is 1.09 bits per heavy atom. The molecular formula is C24H26F2N6O2S. The van der Waals surface area contributed by atoms with Crippen LogP contribution in [0.25, 0.3) is 0 Å². The molecule has 2 aliphatic rings. The van der Waals surface area contributed by atoms with Crippen LogP contribution in [0, 0.1) is 11.6 Å². The number of morpholine rings is 1. The van der Waals surface area contributed by atoms with E-state index in [4.69, 9.17) is 9.72 Å². The van der Waals surface area contributed by atoms with Crippen LogP contribution in [0.3, 0.4) is 0 Å². The predicted molar refractivity (Wildman–Crippen MR) is 130 cm³/mol. The van der Waals surface area contributed by atoms with E-state index in [2.05, 4.69) is 26.2 Å². The van der Waals surface area contributed by atoms with E-state index in [1.807, 2.05) is 11.4 Å². The van der Waals surface area contributed by atoms with Crippen molar-refractivity contribution in [2.45, 2.75) is 6.54 Å². The molecule has 2 saturated heterocycles. The van der Waals surface area contributed by atoms with Gasteiger partial charge in [-0.25, -0.2) is 18.7 Å². The molecule has 3 aromatic rings. The Morgan fingerprint density at radius 3 is 2.63 bits per heavy atom. The molecule has 4 heterocycles. The Bertz CT molecular complexity index is 1160. The van der Waals surface area contributed by atoms with Crippen LogP contribution in [0.15, 0.2) is 41.9 Å². The summed E-state index contributed by atoms with van der Waals surface area (Å²) in [6.45, 7) is 5.72. The smallest absolute Gasteiger partial charge is 0.257 e. The summed E-state index contributed by atoms with van der Waals surface area (Å²) in [4.78, 5) is 27.9. The number of carbonyl (C=O) groups excluding carboxylic acids is 1. The quantitative estimate of drug-likeness (QED) is 0.557. The normalized spacial score (nSPS) is 17.0. The number of thiazole rings is 1. The summed E-state index contributed by atoms with van der Waals surface area (Å²) >= 11 is 1.51. The lowest BCUT2D eigenvalue weighted by Gasteiger charge is -2.35. The van der Waals surface area contributed by atoms with Crippen molar-refractivity contribution in [1.29, 1.82) is 0 Å². The molecule has 0 aliphatic carbocycles. The molecule has 5 rings (SSSR count). The molecule has 1 amide bonds. The van der Waals surface area contributed by atoms with Crippen molar-refractivity contribution in [3.63, 3.8) is 0 Å². The highest BCUT2D eigenvalue weighted by Gasteiger charge is 2.25. The van der Waals surface area contributed by atoms with Gasteiger partial charge in [-0.1, -0.05) is 6.07 Å². The molecule has 2 fully saturated rings. The highest BCUT2D eigenvalue weighted by molar-refractivity contribution is 7.13. The fraction of sp³-hybridized carbons (Fsp3) is 0.375. The molecule has 0 radical (unpaired) electrons. The Kier molecular flexibility index (Phi) is 7.16. The predicted octanol–water partition coefficient (Wildman–Crippen LogP) is 3.35. The summed E-state index contributed by atoms with van der Waals surface area (Å²) in [7, 11) is 0. The first-order chi connectivity index (χ1) is 17.1. The van der Waals surface area contributed by atoms with Gasteiger partial charge in [-0.2, -0.15) is 0 Å². The van der Waals surface area contributed by atoms with Gasteiger partial charge in [-0.15, -0.1) is 11.3 Å². The van der Waals surface area contributed by atoms with Gasteiger partial charge >= 0.3 is 0 Å². The standard InChI is InChI=1S/C24H26F2N6O2S/c25-20-3-1-2-19(22(20)26)23(33)32-7-5-30(6-8-32)16-17-14-18(31-9-11-34-12-10-31)15-21(28-17)29-24-27-4-13-35-24/h1-4,13-15H,5-12,16H2,(H,27,28,29). The first kappa shape index (κ1) is 23.6. The largest absolute Gasteiger partial charge is 0.378 e. The second-order valence-electron chi connectivity index (χ2n) is 8.43. The molecule has 2 aliphatic heterocycles. The molecule has 0 atom stereocenters. The van der Waals surface area contributed by atoms with Gasteiger partial charge in [-0.3, -0.25) is 9.69 Å². The van der Waals surface area contributed by atoms with Gasteiger partial charge in [0.1, 0.15) is 5.82 Å². The zero-order valence-corrected chi connectivity index (χ0v) is 19.9. The first-order valence-corrected chi connectivity index (χ1v) is 12.4. The van der Waals surface area contributed by atoms with Crippen LogP contribution in [0.5, 0.6) is 0 Å². The molecule has 184 valence electrons. The third kappa shape index (κ3) is 5.58. The topological polar surface area (TPSA) is 73.8 Å². The minimum atomic E-state index is -1.09. The summed E-state index contributed by atoms with van der Waals surface area (Å²) < 4.78 is 33.1. The van der Waals surface area contributed by atoms with Crippen molar-refractivity contribution in [2.24, 2.45) is 0 Å². The maximum atomic E-state index is 14.1. The number of anilines is 3. The van der Waals surface area contributed by atoms with Gasteiger partial charge in [0.05, 0.1) is 24.5 Å². The summed E-state index contributed by atoms with van der Waals surface area (Å²) in [5.74, 6) is -1.86. The van der Waals surface area contributed by atoms with Gasteiger partial charge in [-0.05, 0) is 18.2 Å². The monoisotopic (exact) mass is 500 g/mol. The summed E-state index contributed by atoms with van der Waals surface area (Å²) in [6, 6.07) is 7.82. The van der Waals surface area contributed by atoms with Gasteiger partial charge in [0.2, 0.25) is 0 Å². The number of nitrogens with one attached hydrogen (secondary N) is 1. The van der Waals surface area contributed by atoms with Gasteiger partial charge in [0.25, 0.3) is 5.91 Å². The number of nitrogens with zero attached hydrogens (tertiary/aromatic N) is 5. The Hall–Kier alpha value is -3.15. The number of ether oxygens (including phenoxy) is 1. The minimum Gasteiger partial charge on any atom is -0.378 e. The van der Waals surface area contributed by atoms with Crippen molar-refractivity contribution in [3.05, 3.63) is 64.8 Å². The van der Waals surface area contributed by atoms with Crippen molar-refractivity contribution in [1.82, 2.24) is 19.8 Å². The Morgan fingerprint density at radius 2 is 1.89 bits per heavy atom. The Balaban J connectivity index is 1.27. The lowest BCUT2D eigenvalue weighted by atomic mass is 10.1. The van der Waals surface area contributed by atoms with Crippen LogP contribution in [0.1, 0.15) is 16.1 Å². The van der Waals surface area contributed by atoms with E-state index in [0.717, 1.165) is 41.5 Å². The molecule has 0 spiro atoms.